The Labute approximate surface area is 122 Å². The molecule has 0 spiro atoms. The number of allylic oxidation sites excluding steroid dienone is 2. The van der Waals surface area contributed by atoms with Gasteiger partial charge in [0.25, 0.3) is 0 Å². The Hall–Kier alpha value is -1.11. The van der Waals surface area contributed by atoms with Crippen molar-refractivity contribution in [1.82, 2.24) is 0 Å². The van der Waals surface area contributed by atoms with Crippen LogP contribution >= 0.6 is 0 Å². The van der Waals surface area contributed by atoms with Gasteiger partial charge in [-0.1, -0.05) is 37.5 Å². The lowest BCUT2D eigenvalue weighted by Crippen LogP contribution is -2.19. The van der Waals surface area contributed by atoms with E-state index in [1.165, 1.54) is 49.7 Å². The quantitative estimate of drug-likeness (QED) is 0.641. The summed E-state index contributed by atoms with van der Waals surface area (Å²) in [5.74, 6) is 1.64. The van der Waals surface area contributed by atoms with Crippen molar-refractivity contribution in [2.24, 2.45) is 11.8 Å². The highest BCUT2D eigenvalue weighted by Crippen LogP contribution is 2.38. The van der Waals surface area contributed by atoms with Crippen LogP contribution < -0.4 is 0 Å². The highest BCUT2D eigenvalue weighted by molar-refractivity contribution is 5.38. The van der Waals surface area contributed by atoms with Gasteiger partial charge in [0, 0.05) is 0 Å². The van der Waals surface area contributed by atoms with Crippen molar-refractivity contribution in [1.29, 1.82) is 0 Å². The molecule has 2 aliphatic carbocycles. The molecule has 1 aromatic rings. The summed E-state index contributed by atoms with van der Waals surface area (Å²) in [6, 6.07) is 5.29. The number of hydrogen-bond acceptors (Lipinski definition) is 0. The molecular formula is C19H25F. The van der Waals surface area contributed by atoms with Crippen LogP contribution in [0.1, 0.15) is 56.6 Å². The highest BCUT2D eigenvalue weighted by Gasteiger charge is 2.25. The van der Waals surface area contributed by atoms with E-state index in [0.717, 1.165) is 24.7 Å². The van der Waals surface area contributed by atoms with Crippen molar-refractivity contribution >= 4 is 0 Å². The molecular weight excluding hydrogens is 247 g/mol. The lowest BCUT2D eigenvalue weighted by Gasteiger charge is -2.32. The Morgan fingerprint density at radius 3 is 2.65 bits per heavy atom. The van der Waals surface area contributed by atoms with Gasteiger partial charge in [-0.15, -0.1) is 0 Å². The second-order valence-electron chi connectivity index (χ2n) is 6.58. The molecule has 1 aromatic carbocycles. The van der Waals surface area contributed by atoms with E-state index in [1.807, 2.05) is 6.07 Å². The molecule has 0 aliphatic heterocycles. The summed E-state index contributed by atoms with van der Waals surface area (Å²) in [4.78, 5) is 0. The minimum atomic E-state index is -0.0864. The normalized spacial score (nSPS) is 26.0. The van der Waals surface area contributed by atoms with Crippen molar-refractivity contribution < 1.29 is 4.39 Å². The Morgan fingerprint density at radius 1 is 1.10 bits per heavy atom. The summed E-state index contributed by atoms with van der Waals surface area (Å²) in [7, 11) is 0. The molecule has 0 bridgehead atoms. The Balaban J connectivity index is 1.64. The van der Waals surface area contributed by atoms with Gasteiger partial charge in [0.2, 0.25) is 0 Å². The van der Waals surface area contributed by atoms with Gasteiger partial charge in [0.05, 0.1) is 0 Å². The Morgan fingerprint density at radius 2 is 1.90 bits per heavy atom. The molecule has 0 nitrogen and oxygen atoms in total. The largest absolute Gasteiger partial charge is 0.207 e. The smallest absolute Gasteiger partial charge is 0.123 e. The molecule has 0 unspecified atom stereocenters. The number of fused-ring (bicyclic) bond motifs is 1. The molecule has 0 aromatic heterocycles. The first-order chi connectivity index (χ1) is 9.76. The van der Waals surface area contributed by atoms with Crippen molar-refractivity contribution in [3.05, 3.63) is 46.8 Å². The predicted molar refractivity (Wildman–Crippen MR) is 82.2 cm³/mol. The van der Waals surface area contributed by atoms with Crippen LogP contribution in [-0.2, 0) is 12.8 Å². The van der Waals surface area contributed by atoms with E-state index in [0.29, 0.717) is 0 Å². The van der Waals surface area contributed by atoms with Gasteiger partial charge in [0.15, 0.2) is 0 Å². The van der Waals surface area contributed by atoms with Crippen LogP contribution in [0.3, 0.4) is 0 Å². The second kappa shape index (κ2) is 6.11. The van der Waals surface area contributed by atoms with E-state index < -0.39 is 0 Å². The van der Waals surface area contributed by atoms with Crippen molar-refractivity contribution in [2.75, 3.05) is 0 Å². The van der Waals surface area contributed by atoms with Crippen LogP contribution in [0.25, 0.3) is 0 Å². The third kappa shape index (κ3) is 2.97. The SMILES string of the molecule is CCCC1CCC(C2=CCc3ccc(F)cc3C2)CC1. The highest BCUT2D eigenvalue weighted by atomic mass is 19.1. The van der Waals surface area contributed by atoms with E-state index in [-0.39, 0.29) is 5.82 Å². The van der Waals surface area contributed by atoms with Gasteiger partial charge < -0.3 is 0 Å². The van der Waals surface area contributed by atoms with Gasteiger partial charge in [0.1, 0.15) is 5.82 Å². The van der Waals surface area contributed by atoms with Gasteiger partial charge >= 0.3 is 0 Å². The topological polar surface area (TPSA) is 0 Å². The van der Waals surface area contributed by atoms with Crippen LogP contribution in [0.5, 0.6) is 0 Å². The second-order valence-corrected chi connectivity index (χ2v) is 6.58. The number of rotatable bonds is 3. The lowest BCUT2D eigenvalue weighted by molar-refractivity contribution is 0.283. The molecule has 3 rings (SSSR count). The third-order valence-corrected chi connectivity index (χ3v) is 5.22. The standard InChI is InChI=1S/C19H25F/c1-2-3-14-4-6-15(7-5-14)17-9-8-16-10-11-19(20)13-18(16)12-17/h9-11,13-15H,2-8,12H2,1H3. The molecule has 108 valence electrons. The molecule has 0 amide bonds. The minimum absolute atomic E-state index is 0.0864. The average Bonchev–Trinajstić information content (AvgIpc) is 2.47. The summed E-state index contributed by atoms with van der Waals surface area (Å²) in [6.07, 6.45) is 12.6. The van der Waals surface area contributed by atoms with Crippen molar-refractivity contribution in [3.8, 4) is 0 Å². The van der Waals surface area contributed by atoms with Crippen LogP contribution in [0.15, 0.2) is 29.8 Å². The molecule has 1 saturated carbocycles. The van der Waals surface area contributed by atoms with Gasteiger partial charge in [-0.3, -0.25) is 0 Å². The zero-order chi connectivity index (χ0) is 13.9. The lowest BCUT2D eigenvalue weighted by atomic mass is 9.74. The van der Waals surface area contributed by atoms with E-state index >= 15 is 0 Å². The molecule has 20 heavy (non-hydrogen) atoms. The number of halogens is 1. The Kier molecular flexibility index (Phi) is 4.24. The van der Waals surface area contributed by atoms with Crippen molar-refractivity contribution in [3.63, 3.8) is 0 Å². The summed E-state index contributed by atoms with van der Waals surface area (Å²) in [5.41, 5.74) is 4.12. The molecule has 1 heteroatoms. The molecule has 2 aliphatic rings. The fraction of sp³-hybridized carbons (Fsp3) is 0.579. The van der Waals surface area contributed by atoms with Crippen molar-refractivity contribution in [2.45, 2.75) is 58.3 Å². The minimum Gasteiger partial charge on any atom is -0.207 e. The molecule has 0 saturated heterocycles. The summed E-state index contributed by atoms with van der Waals surface area (Å²) in [6.45, 7) is 2.29. The number of benzene rings is 1. The number of hydrogen-bond donors (Lipinski definition) is 0. The van der Waals surface area contributed by atoms with Crippen LogP contribution in [0.2, 0.25) is 0 Å². The fourth-order valence-corrected chi connectivity index (χ4v) is 4.03. The maximum absolute atomic E-state index is 13.4. The monoisotopic (exact) mass is 272 g/mol. The maximum atomic E-state index is 13.4. The summed E-state index contributed by atoms with van der Waals surface area (Å²) < 4.78 is 13.4. The average molecular weight is 272 g/mol. The van der Waals surface area contributed by atoms with Gasteiger partial charge in [-0.2, -0.15) is 0 Å². The van der Waals surface area contributed by atoms with Crippen LogP contribution in [0.4, 0.5) is 4.39 Å². The molecule has 0 radical (unpaired) electrons. The van der Waals surface area contributed by atoms with Gasteiger partial charge in [-0.05, 0) is 73.6 Å². The summed E-state index contributed by atoms with van der Waals surface area (Å²) in [5, 5.41) is 0. The van der Waals surface area contributed by atoms with Crippen LogP contribution in [0, 0.1) is 17.7 Å². The first kappa shape index (κ1) is 13.9. The zero-order valence-corrected chi connectivity index (χ0v) is 12.5. The van der Waals surface area contributed by atoms with Crippen LogP contribution in [-0.4, -0.2) is 0 Å². The molecule has 1 fully saturated rings. The molecule has 0 atom stereocenters. The first-order valence-electron chi connectivity index (χ1n) is 8.22. The maximum Gasteiger partial charge on any atom is 0.123 e. The third-order valence-electron chi connectivity index (χ3n) is 5.22. The Bertz CT molecular complexity index is 492. The zero-order valence-electron chi connectivity index (χ0n) is 12.5. The van der Waals surface area contributed by atoms with E-state index in [2.05, 4.69) is 13.0 Å². The first-order valence-corrected chi connectivity index (χ1v) is 8.22. The van der Waals surface area contributed by atoms with E-state index in [1.54, 1.807) is 17.7 Å². The van der Waals surface area contributed by atoms with E-state index in [9.17, 15) is 4.39 Å². The predicted octanol–water partition coefficient (Wildman–Crippen LogP) is 5.46. The molecule has 0 heterocycles. The molecule has 0 N–H and O–H groups in total. The summed E-state index contributed by atoms with van der Waals surface area (Å²) >= 11 is 0. The van der Waals surface area contributed by atoms with Gasteiger partial charge in [-0.25, -0.2) is 4.39 Å². The fourth-order valence-electron chi connectivity index (χ4n) is 4.03. The van der Waals surface area contributed by atoms with E-state index in [4.69, 9.17) is 0 Å².